The maximum absolute atomic E-state index is 9.30. The lowest BCUT2D eigenvalue weighted by Gasteiger charge is -2.29. The van der Waals surface area contributed by atoms with Crippen LogP contribution in [0.4, 0.5) is 5.88 Å². The van der Waals surface area contributed by atoms with Crippen molar-refractivity contribution in [3.8, 4) is 11.8 Å². The number of halogens is 2. The van der Waals surface area contributed by atoms with Crippen LogP contribution in [0.2, 0.25) is 10.0 Å². The summed E-state index contributed by atoms with van der Waals surface area (Å²) < 4.78 is 11.4. The predicted molar refractivity (Wildman–Crippen MR) is 92.6 cm³/mol. The van der Waals surface area contributed by atoms with E-state index in [4.69, 9.17) is 32.4 Å². The SMILES string of the molecule is CC1CCN(c2oc(COc3ccc(Cl)cc3Cl)nc2C#N)CC1. The first kappa shape index (κ1) is 16.9. The minimum Gasteiger partial charge on any atom is -0.482 e. The smallest absolute Gasteiger partial charge is 0.236 e. The Balaban J connectivity index is 1.72. The van der Waals surface area contributed by atoms with E-state index in [0.717, 1.165) is 25.9 Å². The highest BCUT2D eigenvalue weighted by atomic mass is 35.5. The van der Waals surface area contributed by atoms with Gasteiger partial charge in [0.2, 0.25) is 17.5 Å². The predicted octanol–water partition coefficient (Wildman–Crippen LogP) is 4.67. The Morgan fingerprint density at radius 2 is 2.12 bits per heavy atom. The van der Waals surface area contributed by atoms with Gasteiger partial charge in [0.25, 0.3) is 0 Å². The molecule has 0 saturated carbocycles. The molecule has 3 rings (SSSR count). The number of nitriles is 1. The average molecular weight is 366 g/mol. The van der Waals surface area contributed by atoms with Crippen molar-refractivity contribution in [3.63, 3.8) is 0 Å². The topological polar surface area (TPSA) is 62.3 Å². The molecule has 7 heteroatoms. The summed E-state index contributed by atoms with van der Waals surface area (Å²) in [7, 11) is 0. The minimum atomic E-state index is 0.0975. The molecule has 2 heterocycles. The van der Waals surface area contributed by atoms with Crippen molar-refractivity contribution >= 4 is 29.1 Å². The highest BCUT2D eigenvalue weighted by molar-refractivity contribution is 6.35. The Kier molecular flexibility index (Phi) is 5.17. The quantitative estimate of drug-likeness (QED) is 0.787. The number of hydrogen-bond donors (Lipinski definition) is 0. The molecule has 0 radical (unpaired) electrons. The summed E-state index contributed by atoms with van der Waals surface area (Å²) in [6, 6.07) is 7.08. The summed E-state index contributed by atoms with van der Waals surface area (Å²) in [5, 5.41) is 10.3. The Morgan fingerprint density at radius 3 is 2.79 bits per heavy atom. The van der Waals surface area contributed by atoms with Crippen LogP contribution in [0.1, 0.15) is 31.4 Å². The van der Waals surface area contributed by atoms with Gasteiger partial charge in [0, 0.05) is 18.1 Å². The van der Waals surface area contributed by atoms with Crippen LogP contribution in [0.3, 0.4) is 0 Å². The van der Waals surface area contributed by atoms with Crippen LogP contribution >= 0.6 is 23.2 Å². The molecular formula is C17H17Cl2N3O2. The number of aromatic nitrogens is 1. The number of rotatable bonds is 4. The second kappa shape index (κ2) is 7.33. The molecule has 24 heavy (non-hydrogen) atoms. The van der Waals surface area contributed by atoms with E-state index in [1.807, 2.05) is 0 Å². The van der Waals surface area contributed by atoms with Gasteiger partial charge in [-0.3, -0.25) is 0 Å². The van der Waals surface area contributed by atoms with E-state index in [1.54, 1.807) is 18.2 Å². The van der Waals surface area contributed by atoms with Crippen molar-refractivity contribution in [3.05, 3.63) is 39.8 Å². The normalized spacial score (nSPS) is 15.3. The summed E-state index contributed by atoms with van der Waals surface area (Å²) in [4.78, 5) is 6.30. The monoisotopic (exact) mass is 365 g/mol. The third kappa shape index (κ3) is 3.77. The highest BCUT2D eigenvalue weighted by Crippen LogP contribution is 2.30. The Bertz CT molecular complexity index is 762. The molecular weight excluding hydrogens is 349 g/mol. The summed E-state index contributed by atoms with van der Waals surface area (Å²) in [6.45, 7) is 4.07. The zero-order chi connectivity index (χ0) is 17.1. The molecule has 1 fully saturated rings. The van der Waals surface area contributed by atoms with Crippen LogP contribution in [0.25, 0.3) is 0 Å². The first-order chi connectivity index (χ1) is 11.6. The average Bonchev–Trinajstić information content (AvgIpc) is 2.98. The molecule has 1 aromatic carbocycles. The lowest BCUT2D eigenvalue weighted by Crippen LogP contribution is -2.32. The molecule has 0 unspecified atom stereocenters. The minimum absolute atomic E-state index is 0.0975. The van der Waals surface area contributed by atoms with Gasteiger partial charge in [0.1, 0.15) is 11.8 Å². The van der Waals surface area contributed by atoms with Gasteiger partial charge in [-0.05, 0) is 37.0 Å². The van der Waals surface area contributed by atoms with Gasteiger partial charge in [0.15, 0.2) is 6.61 Å². The molecule has 0 atom stereocenters. The fraction of sp³-hybridized carbons (Fsp3) is 0.412. The second-order valence-corrected chi connectivity index (χ2v) is 6.75. The van der Waals surface area contributed by atoms with Crippen LogP contribution in [-0.4, -0.2) is 18.1 Å². The van der Waals surface area contributed by atoms with Crippen molar-refractivity contribution in [1.82, 2.24) is 4.98 Å². The lowest BCUT2D eigenvalue weighted by atomic mass is 9.99. The van der Waals surface area contributed by atoms with E-state index in [0.29, 0.717) is 39.2 Å². The summed E-state index contributed by atoms with van der Waals surface area (Å²) in [6.07, 6.45) is 2.16. The standard InChI is InChI=1S/C17H17Cl2N3O2/c1-11-4-6-22(7-5-11)17-14(9-20)21-16(24-17)10-23-15-3-2-12(18)8-13(15)19/h2-3,8,11H,4-7,10H2,1H3. The molecule has 0 spiro atoms. The zero-order valence-corrected chi connectivity index (χ0v) is 14.8. The van der Waals surface area contributed by atoms with E-state index >= 15 is 0 Å². The maximum atomic E-state index is 9.30. The van der Waals surface area contributed by atoms with E-state index in [2.05, 4.69) is 22.9 Å². The molecule has 0 bridgehead atoms. The van der Waals surface area contributed by atoms with Crippen molar-refractivity contribution < 1.29 is 9.15 Å². The van der Waals surface area contributed by atoms with Crippen molar-refractivity contribution in [1.29, 1.82) is 5.26 Å². The Hall–Kier alpha value is -1.90. The Labute approximate surface area is 150 Å². The number of ether oxygens (including phenoxy) is 1. The first-order valence-electron chi connectivity index (χ1n) is 7.79. The van der Waals surface area contributed by atoms with Gasteiger partial charge in [-0.2, -0.15) is 10.2 Å². The summed E-state index contributed by atoms with van der Waals surface area (Å²) >= 11 is 11.9. The number of oxazole rings is 1. The first-order valence-corrected chi connectivity index (χ1v) is 8.55. The van der Waals surface area contributed by atoms with Crippen molar-refractivity contribution in [2.75, 3.05) is 18.0 Å². The summed E-state index contributed by atoms with van der Waals surface area (Å²) in [5.74, 6) is 2.08. The number of benzene rings is 1. The fourth-order valence-corrected chi connectivity index (χ4v) is 3.11. The Morgan fingerprint density at radius 1 is 1.38 bits per heavy atom. The number of nitrogens with zero attached hydrogens (tertiary/aromatic N) is 3. The van der Waals surface area contributed by atoms with Gasteiger partial charge >= 0.3 is 0 Å². The van der Waals surface area contributed by atoms with Crippen LogP contribution in [0, 0.1) is 17.2 Å². The van der Waals surface area contributed by atoms with Crippen molar-refractivity contribution in [2.45, 2.75) is 26.4 Å². The number of hydrogen-bond acceptors (Lipinski definition) is 5. The van der Waals surface area contributed by atoms with Crippen LogP contribution < -0.4 is 9.64 Å². The van der Waals surface area contributed by atoms with Gasteiger partial charge < -0.3 is 14.1 Å². The van der Waals surface area contributed by atoms with Crippen LogP contribution in [-0.2, 0) is 6.61 Å². The molecule has 126 valence electrons. The fourth-order valence-electron chi connectivity index (χ4n) is 2.65. The molecule has 0 amide bonds. The molecule has 0 aliphatic carbocycles. The molecule has 2 aromatic rings. The van der Waals surface area contributed by atoms with Gasteiger partial charge in [0.05, 0.1) is 5.02 Å². The lowest BCUT2D eigenvalue weighted by molar-refractivity contribution is 0.262. The molecule has 1 aliphatic heterocycles. The molecule has 1 aliphatic rings. The summed E-state index contributed by atoms with van der Waals surface area (Å²) in [5.41, 5.74) is 0.297. The van der Waals surface area contributed by atoms with E-state index in [9.17, 15) is 5.26 Å². The zero-order valence-electron chi connectivity index (χ0n) is 13.3. The highest BCUT2D eigenvalue weighted by Gasteiger charge is 2.23. The second-order valence-electron chi connectivity index (χ2n) is 5.91. The molecule has 5 nitrogen and oxygen atoms in total. The molecule has 0 N–H and O–H groups in total. The number of anilines is 1. The third-order valence-electron chi connectivity index (χ3n) is 4.08. The number of piperidine rings is 1. The molecule has 1 saturated heterocycles. The van der Waals surface area contributed by atoms with Crippen molar-refractivity contribution in [2.24, 2.45) is 5.92 Å². The van der Waals surface area contributed by atoms with Crippen LogP contribution in [0.15, 0.2) is 22.6 Å². The van der Waals surface area contributed by atoms with Gasteiger partial charge in [-0.15, -0.1) is 0 Å². The van der Waals surface area contributed by atoms with E-state index in [-0.39, 0.29) is 6.61 Å². The van der Waals surface area contributed by atoms with E-state index < -0.39 is 0 Å². The third-order valence-corrected chi connectivity index (χ3v) is 4.61. The molecule has 1 aromatic heterocycles. The van der Waals surface area contributed by atoms with Crippen LogP contribution in [0.5, 0.6) is 5.75 Å². The maximum Gasteiger partial charge on any atom is 0.236 e. The van der Waals surface area contributed by atoms with Gasteiger partial charge in [-0.1, -0.05) is 30.1 Å². The van der Waals surface area contributed by atoms with E-state index in [1.165, 1.54) is 0 Å². The van der Waals surface area contributed by atoms with Gasteiger partial charge in [-0.25, -0.2) is 0 Å². The largest absolute Gasteiger partial charge is 0.482 e.